The van der Waals surface area contributed by atoms with E-state index in [1.807, 2.05) is 35.8 Å². The van der Waals surface area contributed by atoms with Crippen molar-refractivity contribution in [1.82, 2.24) is 20.1 Å². The van der Waals surface area contributed by atoms with Crippen molar-refractivity contribution in [2.24, 2.45) is 0 Å². The summed E-state index contributed by atoms with van der Waals surface area (Å²) in [6.07, 6.45) is -4.45. The number of aryl methyl sites for hydroxylation is 1. The summed E-state index contributed by atoms with van der Waals surface area (Å²) in [6, 6.07) is 17.4. The minimum Gasteiger partial charge on any atom is -0.331 e. The predicted octanol–water partition coefficient (Wildman–Crippen LogP) is 6.35. The van der Waals surface area contributed by atoms with Crippen molar-refractivity contribution in [2.75, 3.05) is 5.32 Å². The summed E-state index contributed by atoms with van der Waals surface area (Å²) in [5, 5.41) is 14.2. The maximum absolute atomic E-state index is 13.2. The largest absolute Gasteiger partial charge is 0.416 e. The third-order valence-corrected chi connectivity index (χ3v) is 6.15. The van der Waals surface area contributed by atoms with Crippen molar-refractivity contribution in [3.05, 3.63) is 101 Å². The molecule has 0 bridgehead atoms. The standard InChI is InChI=1S/C25H21F4N5OS/c1-16-2-12-21(13-3-16)34-22(32-33-24(34)36-15-17-4-8-19(26)9-5-17)14-30-23(35)31-20-10-6-18(7-11-20)25(27,28)29/h2-13H,14-15H2,1H3,(H2,30,31,35). The Bertz CT molecular complexity index is 1320. The molecule has 2 N–H and O–H groups in total. The molecule has 6 nitrogen and oxygen atoms in total. The van der Waals surface area contributed by atoms with Crippen molar-refractivity contribution in [3.63, 3.8) is 0 Å². The summed E-state index contributed by atoms with van der Waals surface area (Å²) in [7, 11) is 0. The molecule has 0 unspecified atom stereocenters. The van der Waals surface area contributed by atoms with E-state index in [1.54, 1.807) is 12.1 Å². The van der Waals surface area contributed by atoms with Crippen LogP contribution in [0.15, 0.2) is 78.0 Å². The van der Waals surface area contributed by atoms with Gasteiger partial charge in [0.05, 0.1) is 12.1 Å². The number of carbonyl (C=O) groups is 1. The maximum Gasteiger partial charge on any atom is 0.416 e. The molecule has 0 atom stereocenters. The molecule has 0 aliphatic carbocycles. The van der Waals surface area contributed by atoms with Crippen LogP contribution in [0.3, 0.4) is 0 Å². The first-order valence-corrected chi connectivity index (χ1v) is 11.8. The van der Waals surface area contributed by atoms with Crippen molar-refractivity contribution in [3.8, 4) is 5.69 Å². The third-order valence-electron chi connectivity index (χ3n) is 5.15. The van der Waals surface area contributed by atoms with Gasteiger partial charge in [-0.2, -0.15) is 13.2 Å². The molecule has 4 aromatic rings. The van der Waals surface area contributed by atoms with E-state index < -0.39 is 17.8 Å². The molecule has 0 saturated heterocycles. The number of aromatic nitrogens is 3. The molecular formula is C25H21F4N5OS. The average Bonchev–Trinajstić information content (AvgIpc) is 3.25. The summed E-state index contributed by atoms with van der Waals surface area (Å²) in [5.74, 6) is 0.684. The number of carbonyl (C=O) groups excluding carboxylic acids is 1. The van der Waals surface area contributed by atoms with Gasteiger partial charge >= 0.3 is 12.2 Å². The monoisotopic (exact) mass is 515 g/mol. The lowest BCUT2D eigenvalue weighted by Gasteiger charge is -2.12. The van der Waals surface area contributed by atoms with Gasteiger partial charge in [-0.1, -0.05) is 41.6 Å². The number of rotatable bonds is 7. The molecular weight excluding hydrogens is 494 g/mol. The molecule has 3 aromatic carbocycles. The van der Waals surface area contributed by atoms with Gasteiger partial charge in [0.2, 0.25) is 0 Å². The zero-order valence-electron chi connectivity index (χ0n) is 19.0. The minimum absolute atomic E-state index is 0.0183. The van der Waals surface area contributed by atoms with E-state index in [1.165, 1.54) is 36.0 Å². The SMILES string of the molecule is Cc1ccc(-n2c(CNC(=O)Nc3ccc(C(F)(F)F)cc3)nnc2SCc2ccc(F)cc2)cc1. The van der Waals surface area contributed by atoms with Crippen LogP contribution in [0.4, 0.5) is 28.0 Å². The highest BCUT2D eigenvalue weighted by Crippen LogP contribution is 2.30. The van der Waals surface area contributed by atoms with Gasteiger partial charge in [-0.3, -0.25) is 4.57 Å². The lowest BCUT2D eigenvalue weighted by Crippen LogP contribution is -2.29. The summed E-state index contributed by atoms with van der Waals surface area (Å²) in [4.78, 5) is 12.4. The lowest BCUT2D eigenvalue weighted by molar-refractivity contribution is -0.137. The number of nitrogens with zero attached hydrogens (tertiary/aromatic N) is 3. The number of alkyl halides is 3. The Morgan fingerprint density at radius 1 is 0.944 bits per heavy atom. The molecule has 1 aromatic heterocycles. The van der Waals surface area contributed by atoms with E-state index in [9.17, 15) is 22.4 Å². The second-order valence-electron chi connectivity index (χ2n) is 7.87. The van der Waals surface area contributed by atoms with Crippen LogP contribution in [-0.2, 0) is 18.5 Å². The van der Waals surface area contributed by atoms with E-state index in [-0.39, 0.29) is 18.0 Å². The molecule has 186 valence electrons. The normalized spacial score (nSPS) is 11.4. The number of hydrogen-bond donors (Lipinski definition) is 2. The average molecular weight is 516 g/mol. The van der Waals surface area contributed by atoms with E-state index in [2.05, 4.69) is 20.8 Å². The van der Waals surface area contributed by atoms with Crippen LogP contribution < -0.4 is 10.6 Å². The van der Waals surface area contributed by atoms with Gasteiger partial charge in [0, 0.05) is 17.1 Å². The van der Waals surface area contributed by atoms with E-state index in [4.69, 9.17) is 0 Å². The number of benzene rings is 3. The first-order chi connectivity index (χ1) is 17.2. The quantitative estimate of drug-likeness (QED) is 0.222. The number of hydrogen-bond acceptors (Lipinski definition) is 4. The van der Waals surface area contributed by atoms with Crippen molar-refractivity contribution in [2.45, 2.75) is 30.6 Å². The fraction of sp³-hybridized carbons (Fsp3) is 0.160. The van der Waals surface area contributed by atoms with Gasteiger partial charge in [-0.15, -0.1) is 10.2 Å². The fourth-order valence-corrected chi connectivity index (χ4v) is 4.19. The van der Waals surface area contributed by atoms with Crippen molar-refractivity contribution >= 4 is 23.5 Å². The van der Waals surface area contributed by atoms with E-state index in [0.29, 0.717) is 16.7 Å². The topological polar surface area (TPSA) is 71.8 Å². The predicted molar refractivity (Wildman–Crippen MR) is 129 cm³/mol. The van der Waals surface area contributed by atoms with Crippen LogP contribution in [0.2, 0.25) is 0 Å². The number of nitrogens with one attached hydrogen (secondary N) is 2. The molecule has 36 heavy (non-hydrogen) atoms. The van der Waals surface area contributed by atoms with Crippen molar-refractivity contribution < 1.29 is 22.4 Å². The summed E-state index contributed by atoms with van der Waals surface area (Å²) in [6.45, 7) is 1.98. The summed E-state index contributed by atoms with van der Waals surface area (Å²) in [5.41, 5.74) is 2.20. The summed E-state index contributed by atoms with van der Waals surface area (Å²) >= 11 is 1.41. The Labute approximate surface area is 208 Å². The highest BCUT2D eigenvalue weighted by Gasteiger charge is 2.30. The second kappa shape index (κ2) is 10.8. The molecule has 0 fully saturated rings. The van der Waals surface area contributed by atoms with Gasteiger partial charge in [0.15, 0.2) is 11.0 Å². The molecule has 0 radical (unpaired) electrons. The molecule has 0 saturated carbocycles. The molecule has 0 aliphatic rings. The Morgan fingerprint density at radius 3 is 2.25 bits per heavy atom. The fourth-order valence-electron chi connectivity index (χ4n) is 3.27. The Balaban J connectivity index is 1.47. The van der Waals surface area contributed by atoms with Crippen LogP contribution in [0.5, 0.6) is 0 Å². The van der Waals surface area contributed by atoms with Gasteiger partial charge in [-0.25, -0.2) is 9.18 Å². The van der Waals surface area contributed by atoms with E-state index in [0.717, 1.165) is 28.9 Å². The second-order valence-corrected chi connectivity index (χ2v) is 8.81. The molecule has 0 aliphatic heterocycles. The first kappa shape index (κ1) is 25.2. The van der Waals surface area contributed by atoms with Crippen molar-refractivity contribution in [1.29, 1.82) is 0 Å². The number of anilines is 1. The van der Waals surface area contributed by atoms with Crippen LogP contribution >= 0.6 is 11.8 Å². The van der Waals surface area contributed by atoms with E-state index >= 15 is 0 Å². The molecule has 1 heterocycles. The number of urea groups is 1. The highest BCUT2D eigenvalue weighted by molar-refractivity contribution is 7.98. The first-order valence-electron chi connectivity index (χ1n) is 10.8. The van der Waals surface area contributed by atoms with Gasteiger partial charge in [-0.05, 0) is 61.0 Å². The molecule has 4 rings (SSSR count). The maximum atomic E-state index is 13.2. The van der Waals surface area contributed by atoms with Gasteiger partial charge in [0.1, 0.15) is 5.82 Å². The molecule has 0 spiro atoms. The minimum atomic E-state index is -4.45. The summed E-state index contributed by atoms with van der Waals surface area (Å²) < 4.78 is 53.2. The lowest BCUT2D eigenvalue weighted by atomic mass is 10.2. The number of halogens is 4. The van der Waals surface area contributed by atoms with Crippen LogP contribution in [0, 0.1) is 12.7 Å². The van der Waals surface area contributed by atoms with Gasteiger partial charge in [0.25, 0.3) is 0 Å². The number of amides is 2. The van der Waals surface area contributed by atoms with Crippen LogP contribution in [0.1, 0.15) is 22.5 Å². The zero-order valence-corrected chi connectivity index (χ0v) is 19.8. The molecule has 11 heteroatoms. The Hall–Kier alpha value is -3.86. The Morgan fingerprint density at radius 2 is 1.61 bits per heavy atom. The molecule has 2 amide bonds. The number of thioether (sulfide) groups is 1. The Kier molecular flexibility index (Phi) is 7.58. The van der Waals surface area contributed by atoms with Crippen LogP contribution in [0.25, 0.3) is 5.69 Å². The zero-order chi connectivity index (χ0) is 25.7. The smallest absolute Gasteiger partial charge is 0.331 e. The van der Waals surface area contributed by atoms with Gasteiger partial charge < -0.3 is 10.6 Å². The highest BCUT2D eigenvalue weighted by atomic mass is 32.2. The third kappa shape index (κ3) is 6.42. The van der Waals surface area contributed by atoms with Crippen LogP contribution in [-0.4, -0.2) is 20.8 Å².